The van der Waals surface area contributed by atoms with Gasteiger partial charge in [-0.15, -0.1) is 0 Å². The molecule has 106 valence electrons. The Labute approximate surface area is 113 Å². The summed E-state index contributed by atoms with van der Waals surface area (Å²) in [5.74, 6) is 0.959. The van der Waals surface area contributed by atoms with E-state index in [1.807, 2.05) is 0 Å². The SMILES string of the molecule is CCCCC1CCC(C)(C)CC1NC(=O)CCC. The monoisotopic (exact) mass is 253 g/mol. The van der Waals surface area contributed by atoms with Crippen LogP contribution in [0.3, 0.4) is 0 Å². The Balaban J connectivity index is 2.56. The van der Waals surface area contributed by atoms with Crippen LogP contribution in [0.2, 0.25) is 0 Å². The minimum absolute atomic E-state index is 0.252. The zero-order valence-electron chi connectivity index (χ0n) is 12.7. The zero-order chi connectivity index (χ0) is 13.6. The van der Waals surface area contributed by atoms with Gasteiger partial charge in [0.15, 0.2) is 0 Å². The molecule has 2 nitrogen and oxygen atoms in total. The Morgan fingerprint density at radius 3 is 2.61 bits per heavy atom. The summed E-state index contributed by atoms with van der Waals surface area (Å²) in [6, 6.07) is 0.416. The van der Waals surface area contributed by atoms with E-state index in [2.05, 4.69) is 33.0 Å². The van der Waals surface area contributed by atoms with Crippen molar-refractivity contribution in [3.05, 3.63) is 0 Å². The van der Waals surface area contributed by atoms with E-state index in [9.17, 15) is 4.79 Å². The number of unbranched alkanes of at least 4 members (excludes halogenated alkanes) is 1. The minimum Gasteiger partial charge on any atom is -0.353 e. The van der Waals surface area contributed by atoms with Crippen LogP contribution in [-0.2, 0) is 4.79 Å². The molecule has 2 atom stereocenters. The number of nitrogens with one attached hydrogen (secondary N) is 1. The van der Waals surface area contributed by atoms with Crippen molar-refractivity contribution < 1.29 is 4.79 Å². The first-order valence-electron chi connectivity index (χ1n) is 7.78. The average molecular weight is 253 g/mol. The predicted molar refractivity (Wildman–Crippen MR) is 77.5 cm³/mol. The standard InChI is InChI=1S/C16H31NO/c1-5-7-9-13-10-11-16(3,4)12-14(13)17-15(18)8-6-2/h13-14H,5-12H2,1-4H3,(H,17,18). The van der Waals surface area contributed by atoms with Crippen LogP contribution in [0.5, 0.6) is 0 Å². The molecule has 0 radical (unpaired) electrons. The predicted octanol–water partition coefficient (Wildman–Crippen LogP) is 4.29. The van der Waals surface area contributed by atoms with E-state index in [1.54, 1.807) is 0 Å². The summed E-state index contributed by atoms with van der Waals surface area (Å²) >= 11 is 0. The van der Waals surface area contributed by atoms with Gasteiger partial charge in [0.1, 0.15) is 0 Å². The fourth-order valence-electron chi connectivity index (χ4n) is 3.13. The molecule has 0 aromatic carbocycles. The number of amides is 1. The Kier molecular flexibility index (Phi) is 6.17. The second-order valence-electron chi connectivity index (χ2n) is 6.73. The van der Waals surface area contributed by atoms with Crippen LogP contribution < -0.4 is 5.32 Å². The lowest BCUT2D eigenvalue weighted by atomic mass is 9.69. The summed E-state index contributed by atoms with van der Waals surface area (Å²) in [4.78, 5) is 11.8. The molecule has 0 aromatic rings. The number of rotatable bonds is 6. The third-order valence-electron chi connectivity index (χ3n) is 4.29. The van der Waals surface area contributed by atoms with Gasteiger partial charge in [0.2, 0.25) is 5.91 Å². The highest BCUT2D eigenvalue weighted by Gasteiger charge is 2.34. The molecule has 1 saturated carbocycles. The summed E-state index contributed by atoms with van der Waals surface area (Å²) in [6.45, 7) is 8.99. The summed E-state index contributed by atoms with van der Waals surface area (Å²) in [5, 5.41) is 3.30. The molecule has 2 unspecified atom stereocenters. The van der Waals surface area contributed by atoms with Crippen molar-refractivity contribution in [1.82, 2.24) is 5.32 Å². The fraction of sp³-hybridized carbons (Fsp3) is 0.938. The Morgan fingerprint density at radius 2 is 2.00 bits per heavy atom. The van der Waals surface area contributed by atoms with Crippen molar-refractivity contribution in [2.75, 3.05) is 0 Å². The second kappa shape index (κ2) is 7.16. The Morgan fingerprint density at radius 1 is 1.28 bits per heavy atom. The van der Waals surface area contributed by atoms with Gasteiger partial charge in [0.25, 0.3) is 0 Å². The Hall–Kier alpha value is -0.530. The van der Waals surface area contributed by atoms with Gasteiger partial charge in [-0.25, -0.2) is 0 Å². The van der Waals surface area contributed by atoms with Crippen molar-refractivity contribution in [1.29, 1.82) is 0 Å². The van der Waals surface area contributed by atoms with Crippen molar-refractivity contribution >= 4 is 5.91 Å². The molecule has 1 aliphatic rings. The van der Waals surface area contributed by atoms with Crippen molar-refractivity contribution in [3.63, 3.8) is 0 Å². The highest BCUT2D eigenvalue weighted by Crippen LogP contribution is 2.40. The molecule has 1 N–H and O–H groups in total. The van der Waals surface area contributed by atoms with Crippen LogP contribution in [0.4, 0.5) is 0 Å². The van der Waals surface area contributed by atoms with Crippen molar-refractivity contribution in [2.24, 2.45) is 11.3 Å². The summed E-state index contributed by atoms with van der Waals surface area (Å²) in [5.41, 5.74) is 0.396. The largest absolute Gasteiger partial charge is 0.353 e. The molecule has 1 fully saturated rings. The summed E-state index contributed by atoms with van der Waals surface area (Å²) in [6.07, 6.45) is 9.20. The number of hydrogen-bond donors (Lipinski definition) is 1. The highest BCUT2D eigenvalue weighted by atomic mass is 16.1. The van der Waals surface area contributed by atoms with Crippen molar-refractivity contribution in [3.8, 4) is 0 Å². The molecule has 0 heterocycles. The topological polar surface area (TPSA) is 29.1 Å². The third-order valence-corrected chi connectivity index (χ3v) is 4.29. The average Bonchev–Trinajstić information content (AvgIpc) is 2.27. The van der Waals surface area contributed by atoms with E-state index < -0.39 is 0 Å². The molecule has 2 heteroatoms. The molecule has 0 spiro atoms. The highest BCUT2D eigenvalue weighted by molar-refractivity contribution is 5.76. The van der Waals surface area contributed by atoms with Gasteiger partial charge in [-0.1, -0.05) is 40.5 Å². The molecular formula is C16H31NO. The molecule has 0 saturated heterocycles. The normalized spacial score (nSPS) is 26.9. The maximum Gasteiger partial charge on any atom is 0.220 e. The van der Waals surface area contributed by atoms with Gasteiger partial charge >= 0.3 is 0 Å². The van der Waals surface area contributed by atoms with Crippen LogP contribution >= 0.6 is 0 Å². The van der Waals surface area contributed by atoms with Gasteiger partial charge in [-0.3, -0.25) is 4.79 Å². The van der Waals surface area contributed by atoms with Gasteiger partial charge in [0, 0.05) is 12.5 Å². The van der Waals surface area contributed by atoms with E-state index >= 15 is 0 Å². The lowest BCUT2D eigenvalue weighted by Crippen LogP contribution is -2.46. The number of hydrogen-bond acceptors (Lipinski definition) is 1. The number of carbonyl (C=O) groups is 1. The van der Waals surface area contributed by atoms with Crippen LogP contribution in [0.1, 0.15) is 79.1 Å². The second-order valence-corrected chi connectivity index (χ2v) is 6.73. The smallest absolute Gasteiger partial charge is 0.220 e. The van der Waals surface area contributed by atoms with Crippen LogP contribution in [0, 0.1) is 11.3 Å². The van der Waals surface area contributed by atoms with E-state index in [-0.39, 0.29) is 5.91 Å². The van der Waals surface area contributed by atoms with E-state index in [4.69, 9.17) is 0 Å². The molecule has 1 rings (SSSR count). The van der Waals surface area contributed by atoms with Crippen LogP contribution in [0.15, 0.2) is 0 Å². The molecule has 0 aromatic heterocycles. The molecular weight excluding hydrogens is 222 g/mol. The lowest BCUT2D eigenvalue weighted by molar-refractivity contribution is -0.122. The molecule has 18 heavy (non-hydrogen) atoms. The first kappa shape index (κ1) is 15.5. The van der Waals surface area contributed by atoms with Gasteiger partial charge < -0.3 is 5.32 Å². The van der Waals surface area contributed by atoms with E-state index in [0.29, 0.717) is 23.8 Å². The summed E-state index contributed by atoms with van der Waals surface area (Å²) < 4.78 is 0. The van der Waals surface area contributed by atoms with Gasteiger partial charge in [0.05, 0.1) is 0 Å². The Bertz CT molecular complexity index is 260. The maximum absolute atomic E-state index is 11.8. The first-order chi connectivity index (χ1) is 8.48. The van der Waals surface area contributed by atoms with Crippen LogP contribution in [0.25, 0.3) is 0 Å². The molecule has 0 aliphatic heterocycles. The lowest BCUT2D eigenvalue weighted by Gasteiger charge is -2.41. The van der Waals surface area contributed by atoms with E-state index in [1.165, 1.54) is 32.1 Å². The maximum atomic E-state index is 11.8. The fourth-order valence-corrected chi connectivity index (χ4v) is 3.13. The summed E-state index contributed by atoms with van der Waals surface area (Å²) in [7, 11) is 0. The number of carbonyl (C=O) groups excluding carboxylic acids is 1. The third kappa shape index (κ3) is 4.99. The first-order valence-corrected chi connectivity index (χ1v) is 7.78. The van der Waals surface area contributed by atoms with E-state index in [0.717, 1.165) is 12.8 Å². The van der Waals surface area contributed by atoms with Gasteiger partial charge in [-0.2, -0.15) is 0 Å². The quantitative estimate of drug-likeness (QED) is 0.752. The van der Waals surface area contributed by atoms with Crippen molar-refractivity contribution in [2.45, 2.75) is 85.1 Å². The van der Waals surface area contributed by atoms with Crippen LogP contribution in [-0.4, -0.2) is 11.9 Å². The molecule has 1 amide bonds. The molecule has 1 aliphatic carbocycles. The zero-order valence-corrected chi connectivity index (χ0v) is 12.7. The van der Waals surface area contributed by atoms with Gasteiger partial charge in [-0.05, 0) is 43.4 Å². The molecule has 0 bridgehead atoms. The minimum atomic E-state index is 0.252.